The summed E-state index contributed by atoms with van der Waals surface area (Å²) in [6.07, 6.45) is -0.753. The maximum atomic E-state index is 11.6. The summed E-state index contributed by atoms with van der Waals surface area (Å²) in [5.74, 6) is 1.14. The van der Waals surface area contributed by atoms with E-state index < -0.39 is 6.23 Å². The van der Waals surface area contributed by atoms with Gasteiger partial charge in [-0.3, -0.25) is 9.64 Å². The van der Waals surface area contributed by atoms with Crippen LogP contribution >= 0.6 is 23.1 Å². The van der Waals surface area contributed by atoms with E-state index in [1.54, 1.807) is 42.2 Å². The van der Waals surface area contributed by atoms with Crippen LogP contribution in [0.3, 0.4) is 0 Å². The third kappa shape index (κ3) is 4.38. The van der Waals surface area contributed by atoms with Crippen molar-refractivity contribution in [3.05, 3.63) is 65.5 Å². The lowest BCUT2D eigenvalue weighted by Gasteiger charge is -2.07. The molecule has 0 aliphatic rings. The highest BCUT2D eigenvalue weighted by molar-refractivity contribution is 8.00. The van der Waals surface area contributed by atoms with Crippen LogP contribution in [-0.2, 0) is 10.5 Å². The fourth-order valence-electron chi connectivity index (χ4n) is 2.19. The second kappa shape index (κ2) is 8.15. The maximum Gasteiger partial charge on any atom is 0.426 e. The number of Topliss-reactive ketones (excluding diaryl/α,β-unsaturated/α-hetero) is 1. The Hall–Kier alpha value is -2.36. The zero-order valence-corrected chi connectivity index (χ0v) is 15.3. The van der Waals surface area contributed by atoms with Gasteiger partial charge in [0.15, 0.2) is 4.34 Å². The van der Waals surface area contributed by atoms with Crippen LogP contribution in [0.4, 0.5) is 0 Å². The Balaban J connectivity index is 1.60. The van der Waals surface area contributed by atoms with Gasteiger partial charge in [-0.25, -0.2) is 11.6 Å². The van der Waals surface area contributed by atoms with Crippen molar-refractivity contribution in [1.82, 2.24) is 4.98 Å². The first kappa shape index (κ1) is 17.5. The summed E-state index contributed by atoms with van der Waals surface area (Å²) in [5.41, 5.74) is 2.17. The molecule has 4 nitrogen and oxygen atoms in total. The van der Waals surface area contributed by atoms with Crippen LogP contribution in [0.15, 0.2) is 52.9 Å². The molecule has 1 aromatic heterocycles. The van der Waals surface area contributed by atoms with Gasteiger partial charge in [0.1, 0.15) is 5.75 Å². The number of aromatic nitrogens is 1. The number of ether oxygens (including phenoxy) is 1. The zero-order valence-electron chi connectivity index (χ0n) is 13.6. The van der Waals surface area contributed by atoms with Gasteiger partial charge in [0.05, 0.1) is 10.2 Å². The first-order valence-electron chi connectivity index (χ1n) is 7.83. The summed E-state index contributed by atoms with van der Waals surface area (Å²) < 4.78 is 7.69. The minimum Gasteiger partial charge on any atom is -0.418 e. The Morgan fingerprint density at radius 3 is 2.72 bits per heavy atom. The fraction of sp³-hybridized carbons (Fsp3) is 0.211. The van der Waals surface area contributed by atoms with E-state index in [9.17, 15) is 4.79 Å². The smallest absolute Gasteiger partial charge is 0.418 e. The molecule has 0 saturated carbocycles. The summed E-state index contributed by atoms with van der Waals surface area (Å²) in [7, 11) is 0. The van der Waals surface area contributed by atoms with Gasteiger partial charge >= 0.3 is 6.23 Å². The van der Waals surface area contributed by atoms with Crippen LogP contribution in [0.2, 0.25) is 0 Å². The van der Waals surface area contributed by atoms with Crippen molar-refractivity contribution in [2.75, 3.05) is 0 Å². The average molecular weight is 368 g/mol. The number of carbonyl (C=O) groups excluding carboxylic acids is 1. The van der Waals surface area contributed by atoms with Gasteiger partial charge in [0.2, 0.25) is 0 Å². The molecule has 0 aliphatic heterocycles. The molecule has 2 aromatic carbocycles. The molecule has 1 unspecified atom stereocenters. The molecular weight excluding hydrogens is 352 g/mol. The molecule has 0 bridgehead atoms. The number of hydrogen-bond acceptors (Lipinski definition) is 5. The Morgan fingerprint density at radius 2 is 2.04 bits per heavy atom. The van der Waals surface area contributed by atoms with E-state index >= 15 is 0 Å². The monoisotopic (exact) mass is 368 g/mol. The highest BCUT2D eigenvalue weighted by Crippen LogP contribution is 2.31. The van der Waals surface area contributed by atoms with Crippen molar-refractivity contribution in [1.29, 1.82) is 0 Å². The highest BCUT2D eigenvalue weighted by Gasteiger charge is 2.23. The Labute approximate surface area is 154 Å². The number of carbonyl (C=O) groups is 1. The van der Waals surface area contributed by atoms with Crippen molar-refractivity contribution in [3.63, 3.8) is 0 Å². The SMILES string of the molecule is [C-]#[N+]C(Oc1ccc(CSc2nc3ccccc3s2)cc1)C(=O)CC. The van der Waals surface area contributed by atoms with E-state index in [4.69, 9.17) is 11.3 Å². The van der Waals surface area contributed by atoms with Gasteiger partial charge in [-0.1, -0.05) is 43.0 Å². The lowest BCUT2D eigenvalue weighted by molar-refractivity contribution is -0.123. The van der Waals surface area contributed by atoms with Gasteiger partial charge in [-0.2, -0.15) is 0 Å². The van der Waals surface area contributed by atoms with Gasteiger partial charge in [0, 0.05) is 12.2 Å². The number of para-hydroxylation sites is 1. The molecule has 0 fully saturated rings. The number of ketones is 1. The Kier molecular flexibility index (Phi) is 5.69. The third-order valence-corrected chi connectivity index (χ3v) is 5.80. The fourth-order valence-corrected chi connectivity index (χ4v) is 4.21. The van der Waals surface area contributed by atoms with Gasteiger partial charge in [-0.15, -0.1) is 11.3 Å². The summed E-state index contributed by atoms with van der Waals surface area (Å²) >= 11 is 3.39. The summed E-state index contributed by atoms with van der Waals surface area (Å²) in [6, 6.07) is 15.6. The quantitative estimate of drug-likeness (QED) is 0.425. The van der Waals surface area contributed by atoms with Crippen molar-refractivity contribution in [2.45, 2.75) is 29.7 Å². The van der Waals surface area contributed by atoms with Crippen LogP contribution in [0.5, 0.6) is 5.75 Å². The van der Waals surface area contributed by atoms with Crippen LogP contribution in [-0.4, -0.2) is 17.0 Å². The molecule has 0 radical (unpaired) electrons. The molecule has 0 N–H and O–H groups in total. The molecule has 0 saturated heterocycles. The van der Waals surface area contributed by atoms with E-state index in [1.165, 1.54) is 4.70 Å². The molecule has 3 rings (SSSR count). The molecule has 126 valence electrons. The topological polar surface area (TPSA) is 43.5 Å². The summed E-state index contributed by atoms with van der Waals surface area (Å²) in [6.45, 7) is 8.79. The first-order chi connectivity index (χ1) is 12.2. The van der Waals surface area contributed by atoms with E-state index in [-0.39, 0.29) is 5.78 Å². The molecule has 0 spiro atoms. The van der Waals surface area contributed by atoms with Crippen LogP contribution < -0.4 is 4.74 Å². The molecule has 25 heavy (non-hydrogen) atoms. The van der Waals surface area contributed by atoms with Crippen molar-refractivity contribution < 1.29 is 9.53 Å². The number of thiazole rings is 1. The standard InChI is InChI=1S/C19H16N2O2S2/c1-3-16(22)18(20-2)23-14-10-8-13(9-11-14)12-24-19-21-15-6-4-5-7-17(15)25-19/h4-11,18H,3,12H2,1H3. The first-order valence-corrected chi connectivity index (χ1v) is 9.63. The molecule has 1 heterocycles. The maximum absolute atomic E-state index is 11.6. The zero-order chi connectivity index (χ0) is 17.6. The van der Waals surface area contributed by atoms with Crippen molar-refractivity contribution in [2.24, 2.45) is 0 Å². The predicted molar refractivity (Wildman–Crippen MR) is 102 cm³/mol. The van der Waals surface area contributed by atoms with Crippen LogP contribution in [0, 0.1) is 6.57 Å². The van der Waals surface area contributed by atoms with E-state index in [1.807, 2.05) is 30.3 Å². The number of rotatable bonds is 7. The Morgan fingerprint density at radius 1 is 1.28 bits per heavy atom. The summed E-state index contributed by atoms with van der Waals surface area (Å²) in [5, 5.41) is 0. The largest absolute Gasteiger partial charge is 0.426 e. The molecule has 0 amide bonds. The van der Waals surface area contributed by atoms with Crippen LogP contribution in [0.25, 0.3) is 15.1 Å². The summed E-state index contributed by atoms with van der Waals surface area (Å²) in [4.78, 5) is 19.5. The van der Waals surface area contributed by atoms with Crippen molar-refractivity contribution >= 4 is 39.1 Å². The lowest BCUT2D eigenvalue weighted by atomic mass is 10.2. The molecular formula is C19H16N2O2S2. The van der Waals surface area contributed by atoms with Gasteiger partial charge in [0.25, 0.3) is 5.78 Å². The minimum atomic E-state index is -1.05. The predicted octanol–water partition coefficient (Wildman–Crippen LogP) is 5.19. The third-order valence-electron chi connectivity index (χ3n) is 3.55. The van der Waals surface area contributed by atoms with Crippen LogP contribution in [0.1, 0.15) is 18.9 Å². The normalized spacial score (nSPS) is 11.8. The second-order valence-electron chi connectivity index (χ2n) is 5.30. The van der Waals surface area contributed by atoms with Crippen molar-refractivity contribution in [3.8, 4) is 5.75 Å². The second-order valence-corrected chi connectivity index (χ2v) is 7.55. The molecule has 1 atom stereocenters. The van der Waals surface area contributed by atoms with E-state index in [0.29, 0.717) is 12.2 Å². The average Bonchev–Trinajstić information content (AvgIpc) is 3.07. The van der Waals surface area contributed by atoms with Gasteiger partial charge < -0.3 is 4.74 Å². The number of thioether (sulfide) groups is 1. The molecule has 0 aliphatic carbocycles. The van der Waals surface area contributed by atoms with E-state index in [0.717, 1.165) is 21.2 Å². The molecule has 3 aromatic rings. The Bertz CT molecular complexity index is 880. The molecule has 6 heteroatoms. The number of fused-ring (bicyclic) bond motifs is 1. The van der Waals surface area contributed by atoms with Gasteiger partial charge in [-0.05, 0) is 29.8 Å². The minimum absolute atomic E-state index is 0.203. The number of nitrogens with zero attached hydrogens (tertiary/aromatic N) is 2. The highest BCUT2D eigenvalue weighted by atomic mass is 32.2. The number of hydrogen-bond donors (Lipinski definition) is 0. The number of benzene rings is 2. The van der Waals surface area contributed by atoms with E-state index in [2.05, 4.69) is 15.9 Å². The lowest BCUT2D eigenvalue weighted by Crippen LogP contribution is -2.22.